The fourth-order valence-corrected chi connectivity index (χ4v) is 3.88. The van der Waals surface area contributed by atoms with Crippen molar-refractivity contribution in [2.75, 3.05) is 20.3 Å². The molecule has 1 N–H and O–H groups in total. The number of Topliss-reactive ketones (excluding diaryl/α,β-unsaturated/α-hetero) is 1. The summed E-state index contributed by atoms with van der Waals surface area (Å²) in [5.41, 5.74) is 2.08. The molecule has 6 heteroatoms. The van der Waals surface area contributed by atoms with Crippen LogP contribution in [-0.4, -0.2) is 42.0 Å². The summed E-state index contributed by atoms with van der Waals surface area (Å²) in [6, 6.07) is 12.0. The smallest absolute Gasteiger partial charge is 0.295 e. The molecule has 1 atom stereocenters. The van der Waals surface area contributed by atoms with Gasteiger partial charge in [-0.1, -0.05) is 37.1 Å². The van der Waals surface area contributed by atoms with E-state index in [0.717, 1.165) is 24.0 Å². The normalized spacial score (nSPS) is 17.8. The van der Waals surface area contributed by atoms with Gasteiger partial charge in [-0.2, -0.15) is 0 Å². The fourth-order valence-electron chi connectivity index (χ4n) is 3.88. The van der Waals surface area contributed by atoms with Gasteiger partial charge in [-0.15, -0.1) is 0 Å². The van der Waals surface area contributed by atoms with Crippen LogP contribution in [0.1, 0.15) is 49.4 Å². The summed E-state index contributed by atoms with van der Waals surface area (Å²) < 4.78 is 11.0. The number of methoxy groups -OCH3 is 1. The summed E-state index contributed by atoms with van der Waals surface area (Å²) in [6.07, 6.45) is 1.63. The largest absolute Gasteiger partial charge is 0.507 e. The molecule has 1 aliphatic heterocycles. The van der Waals surface area contributed by atoms with Crippen LogP contribution in [0.3, 0.4) is 0 Å². The second-order valence-corrected chi connectivity index (χ2v) is 7.56. The molecule has 0 bridgehead atoms. The number of aliphatic hydroxyl groups excluding tert-OH is 1. The van der Waals surface area contributed by atoms with Crippen molar-refractivity contribution in [2.24, 2.45) is 0 Å². The molecule has 0 radical (unpaired) electrons. The Balaban J connectivity index is 2.22. The second-order valence-electron chi connectivity index (χ2n) is 7.56. The first kappa shape index (κ1) is 22.4. The maximum Gasteiger partial charge on any atom is 0.295 e. The van der Waals surface area contributed by atoms with E-state index < -0.39 is 17.7 Å². The molecule has 1 fully saturated rings. The van der Waals surface area contributed by atoms with Gasteiger partial charge in [0.05, 0.1) is 30.9 Å². The first-order valence-electron chi connectivity index (χ1n) is 10.6. The number of carbonyl (C=O) groups is 2. The van der Waals surface area contributed by atoms with E-state index in [-0.39, 0.29) is 11.3 Å². The number of hydrogen-bond donors (Lipinski definition) is 1. The van der Waals surface area contributed by atoms with Gasteiger partial charge in [-0.05, 0) is 50.1 Å². The van der Waals surface area contributed by atoms with Crippen LogP contribution in [-0.2, 0) is 9.59 Å². The Bertz CT molecular complexity index is 1010. The molecule has 1 saturated heterocycles. The first-order valence-corrected chi connectivity index (χ1v) is 10.6. The van der Waals surface area contributed by atoms with Gasteiger partial charge < -0.3 is 19.5 Å². The number of ether oxygens (including phenoxy) is 2. The monoisotopic (exact) mass is 423 g/mol. The van der Waals surface area contributed by atoms with Crippen LogP contribution in [0.15, 0.2) is 48.0 Å². The van der Waals surface area contributed by atoms with Gasteiger partial charge in [0, 0.05) is 6.54 Å². The van der Waals surface area contributed by atoms with E-state index in [9.17, 15) is 14.7 Å². The molecule has 0 aromatic heterocycles. The second kappa shape index (κ2) is 9.69. The van der Waals surface area contributed by atoms with Crippen molar-refractivity contribution < 1.29 is 24.2 Å². The first-order chi connectivity index (χ1) is 14.9. The van der Waals surface area contributed by atoms with E-state index in [0.29, 0.717) is 30.2 Å². The van der Waals surface area contributed by atoms with E-state index in [2.05, 4.69) is 0 Å². The third-order valence-electron chi connectivity index (χ3n) is 5.39. The number of benzene rings is 2. The van der Waals surface area contributed by atoms with Gasteiger partial charge in [0.15, 0.2) is 0 Å². The number of likely N-dealkylation sites (tertiary alicyclic amines) is 1. The predicted molar refractivity (Wildman–Crippen MR) is 119 cm³/mol. The molecule has 1 heterocycles. The van der Waals surface area contributed by atoms with Gasteiger partial charge in [0.2, 0.25) is 0 Å². The van der Waals surface area contributed by atoms with Gasteiger partial charge in [0.25, 0.3) is 11.7 Å². The number of unbranched alkanes of at least 4 members (excludes halogenated alkanes) is 1. The number of aryl methyl sites for hydroxylation is 1. The Kier molecular flexibility index (Phi) is 7.00. The Morgan fingerprint density at radius 1 is 1.13 bits per heavy atom. The number of aliphatic hydroxyl groups is 1. The average Bonchev–Trinajstić information content (AvgIpc) is 3.02. The van der Waals surface area contributed by atoms with Crippen molar-refractivity contribution in [1.82, 2.24) is 4.90 Å². The van der Waals surface area contributed by atoms with Crippen LogP contribution < -0.4 is 9.47 Å². The maximum atomic E-state index is 13.1. The topological polar surface area (TPSA) is 76.1 Å². The quantitative estimate of drug-likeness (QED) is 0.381. The SMILES string of the molecule is CCCCN1C(=O)C(=O)/C(=C(/O)c2cc(C)ccc2OC)C1c1cccc(OCC)c1. The molecule has 1 unspecified atom stereocenters. The highest BCUT2D eigenvalue weighted by Gasteiger charge is 2.46. The number of rotatable bonds is 8. The minimum Gasteiger partial charge on any atom is -0.507 e. The minimum absolute atomic E-state index is 0.0682. The Hall–Kier alpha value is -3.28. The lowest BCUT2D eigenvalue weighted by molar-refractivity contribution is -0.139. The highest BCUT2D eigenvalue weighted by molar-refractivity contribution is 6.46. The number of hydrogen-bond acceptors (Lipinski definition) is 5. The summed E-state index contributed by atoms with van der Waals surface area (Å²) in [5, 5.41) is 11.3. The van der Waals surface area contributed by atoms with Gasteiger partial charge >= 0.3 is 0 Å². The number of amides is 1. The van der Waals surface area contributed by atoms with Crippen LogP contribution in [0.25, 0.3) is 5.76 Å². The lowest BCUT2D eigenvalue weighted by atomic mass is 9.94. The van der Waals surface area contributed by atoms with Crippen LogP contribution in [0.2, 0.25) is 0 Å². The van der Waals surface area contributed by atoms with Crippen molar-refractivity contribution in [2.45, 2.75) is 39.7 Å². The van der Waals surface area contributed by atoms with Gasteiger partial charge in [-0.25, -0.2) is 0 Å². The molecule has 2 aromatic rings. The lowest BCUT2D eigenvalue weighted by Crippen LogP contribution is -2.30. The van der Waals surface area contributed by atoms with Crippen LogP contribution in [0.5, 0.6) is 11.5 Å². The standard InChI is InChI=1S/C25H29NO5/c1-5-7-13-26-22(17-9-8-10-18(15-17)31-6-2)21(24(28)25(26)29)23(27)19-14-16(3)11-12-20(19)30-4/h8-12,14-15,22,27H,5-7,13H2,1-4H3/b23-21+. The van der Waals surface area contributed by atoms with E-state index >= 15 is 0 Å². The molecule has 0 aliphatic carbocycles. The molecule has 164 valence electrons. The van der Waals surface area contributed by atoms with E-state index in [4.69, 9.17) is 9.47 Å². The highest BCUT2D eigenvalue weighted by atomic mass is 16.5. The third-order valence-corrected chi connectivity index (χ3v) is 5.39. The molecule has 3 rings (SSSR count). The molecule has 2 aromatic carbocycles. The highest BCUT2D eigenvalue weighted by Crippen LogP contribution is 2.41. The zero-order valence-corrected chi connectivity index (χ0v) is 18.5. The van der Waals surface area contributed by atoms with Crippen molar-refractivity contribution in [3.63, 3.8) is 0 Å². The van der Waals surface area contributed by atoms with Gasteiger partial charge in [0.1, 0.15) is 17.3 Å². The van der Waals surface area contributed by atoms with Crippen LogP contribution >= 0.6 is 0 Å². The molecule has 0 saturated carbocycles. The summed E-state index contributed by atoms with van der Waals surface area (Å²) in [6.45, 7) is 6.73. The predicted octanol–water partition coefficient (Wildman–Crippen LogP) is 4.62. The molecule has 1 amide bonds. The van der Waals surface area contributed by atoms with Crippen LogP contribution in [0.4, 0.5) is 0 Å². The fraction of sp³-hybridized carbons (Fsp3) is 0.360. The Morgan fingerprint density at radius 2 is 1.90 bits per heavy atom. The summed E-state index contributed by atoms with van der Waals surface area (Å²) in [4.78, 5) is 27.6. The van der Waals surface area contributed by atoms with Crippen molar-refractivity contribution in [3.8, 4) is 11.5 Å². The van der Waals surface area contributed by atoms with Crippen molar-refractivity contribution >= 4 is 17.4 Å². The van der Waals surface area contributed by atoms with E-state index in [1.807, 2.05) is 51.1 Å². The zero-order valence-electron chi connectivity index (χ0n) is 18.5. The number of nitrogens with zero attached hydrogens (tertiary/aromatic N) is 1. The molecular formula is C25H29NO5. The molecular weight excluding hydrogens is 394 g/mol. The summed E-state index contributed by atoms with van der Waals surface area (Å²) in [7, 11) is 1.50. The molecule has 6 nitrogen and oxygen atoms in total. The number of ketones is 1. The number of carbonyl (C=O) groups excluding carboxylic acids is 2. The lowest BCUT2D eigenvalue weighted by Gasteiger charge is -2.25. The minimum atomic E-state index is -0.697. The molecule has 0 spiro atoms. The molecule has 1 aliphatic rings. The van der Waals surface area contributed by atoms with E-state index in [1.165, 1.54) is 7.11 Å². The summed E-state index contributed by atoms with van der Waals surface area (Å²) in [5.74, 6) is -0.444. The Morgan fingerprint density at radius 3 is 2.58 bits per heavy atom. The average molecular weight is 424 g/mol. The summed E-state index contributed by atoms with van der Waals surface area (Å²) >= 11 is 0. The zero-order chi connectivity index (χ0) is 22.5. The molecule has 31 heavy (non-hydrogen) atoms. The maximum absolute atomic E-state index is 13.1. The van der Waals surface area contributed by atoms with Crippen LogP contribution in [0, 0.1) is 6.92 Å². The van der Waals surface area contributed by atoms with E-state index in [1.54, 1.807) is 17.0 Å². The third kappa shape index (κ3) is 4.43. The van der Waals surface area contributed by atoms with Crippen molar-refractivity contribution in [3.05, 3.63) is 64.7 Å². The Labute approximate surface area is 183 Å². The van der Waals surface area contributed by atoms with Crippen molar-refractivity contribution in [1.29, 1.82) is 0 Å². The van der Waals surface area contributed by atoms with Gasteiger partial charge in [-0.3, -0.25) is 9.59 Å².